The second-order valence-corrected chi connectivity index (χ2v) is 5.88. The predicted molar refractivity (Wildman–Crippen MR) is 94.5 cm³/mol. The number of benzene rings is 1. The lowest BCUT2D eigenvalue weighted by molar-refractivity contribution is -0.149. The van der Waals surface area contributed by atoms with Crippen molar-refractivity contribution in [1.82, 2.24) is 4.90 Å². The summed E-state index contributed by atoms with van der Waals surface area (Å²) in [5.41, 5.74) is 1.00. The van der Waals surface area contributed by atoms with Crippen molar-refractivity contribution < 1.29 is 23.8 Å². The highest BCUT2D eigenvalue weighted by Crippen LogP contribution is 2.28. The molecule has 6 nitrogen and oxygen atoms in total. The molecule has 1 aromatic rings. The number of likely N-dealkylation sites (tertiary alicyclic amines) is 1. The van der Waals surface area contributed by atoms with Crippen LogP contribution in [0.15, 0.2) is 24.3 Å². The number of amides is 1. The lowest BCUT2D eigenvalue weighted by atomic mass is 9.97. The Bertz CT molecular complexity index is 633. The van der Waals surface area contributed by atoms with Gasteiger partial charge in [-0.2, -0.15) is 0 Å². The topological polar surface area (TPSA) is 65.1 Å². The van der Waals surface area contributed by atoms with Gasteiger partial charge in [0.1, 0.15) is 0 Å². The summed E-state index contributed by atoms with van der Waals surface area (Å²) in [5.74, 6) is 0.716. The number of allylic oxidation sites excluding steroid dienone is 1. The van der Waals surface area contributed by atoms with Gasteiger partial charge in [0.25, 0.3) is 5.91 Å². The Balaban J connectivity index is 1.89. The van der Waals surface area contributed by atoms with E-state index in [9.17, 15) is 9.59 Å². The number of rotatable bonds is 6. The Morgan fingerprint density at radius 1 is 1.20 bits per heavy atom. The van der Waals surface area contributed by atoms with Gasteiger partial charge in [-0.25, -0.2) is 0 Å². The van der Waals surface area contributed by atoms with Crippen molar-refractivity contribution in [3.05, 3.63) is 29.8 Å². The van der Waals surface area contributed by atoms with E-state index in [0.717, 1.165) is 5.56 Å². The predicted octanol–water partition coefficient (Wildman–Crippen LogP) is 2.52. The summed E-state index contributed by atoms with van der Waals surface area (Å²) in [5, 5.41) is 0. The molecule has 2 rings (SSSR count). The minimum Gasteiger partial charge on any atom is -0.493 e. The van der Waals surface area contributed by atoms with E-state index < -0.39 is 0 Å². The number of esters is 1. The maximum atomic E-state index is 12.3. The maximum absolute atomic E-state index is 12.3. The number of ether oxygens (including phenoxy) is 3. The summed E-state index contributed by atoms with van der Waals surface area (Å²) in [6.07, 6.45) is 5.15. The molecule has 1 aliphatic rings. The Morgan fingerprint density at radius 3 is 2.52 bits per heavy atom. The maximum Gasteiger partial charge on any atom is 0.308 e. The van der Waals surface area contributed by atoms with Crippen LogP contribution in [0.3, 0.4) is 0 Å². The van der Waals surface area contributed by atoms with Gasteiger partial charge < -0.3 is 19.1 Å². The van der Waals surface area contributed by atoms with E-state index in [1.165, 1.54) is 7.11 Å². The molecule has 0 aromatic heterocycles. The van der Waals surface area contributed by atoms with Crippen molar-refractivity contribution in [2.24, 2.45) is 5.92 Å². The Morgan fingerprint density at radius 2 is 1.92 bits per heavy atom. The second-order valence-electron chi connectivity index (χ2n) is 5.88. The molecular weight excluding hydrogens is 322 g/mol. The summed E-state index contributed by atoms with van der Waals surface area (Å²) in [6.45, 7) is 2.97. The molecule has 1 saturated heterocycles. The Hall–Kier alpha value is -2.50. The van der Waals surface area contributed by atoms with Gasteiger partial charge in [0.15, 0.2) is 18.1 Å². The van der Waals surface area contributed by atoms with E-state index in [4.69, 9.17) is 14.2 Å². The summed E-state index contributed by atoms with van der Waals surface area (Å²) in [7, 11) is 2.96. The molecule has 1 aliphatic heterocycles. The molecule has 0 unspecified atom stereocenters. The molecule has 0 radical (unpaired) electrons. The van der Waals surface area contributed by atoms with E-state index in [0.29, 0.717) is 37.4 Å². The summed E-state index contributed by atoms with van der Waals surface area (Å²) >= 11 is 0. The number of piperidine rings is 1. The quantitative estimate of drug-likeness (QED) is 0.740. The largest absolute Gasteiger partial charge is 0.493 e. The third kappa shape index (κ3) is 4.98. The zero-order chi connectivity index (χ0) is 18.2. The van der Waals surface area contributed by atoms with Crippen molar-refractivity contribution in [1.29, 1.82) is 0 Å². The van der Waals surface area contributed by atoms with Gasteiger partial charge in [-0.1, -0.05) is 18.2 Å². The van der Waals surface area contributed by atoms with Crippen LogP contribution < -0.4 is 9.47 Å². The summed E-state index contributed by atoms with van der Waals surface area (Å²) < 4.78 is 15.7. The Labute approximate surface area is 148 Å². The zero-order valence-corrected chi connectivity index (χ0v) is 15.0. The van der Waals surface area contributed by atoms with Crippen LogP contribution in [0.5, 0.6) is 11.5 Å². The van der Waals surface area contributed by atoms with Gasteiger partial charge in [-0.3, -0.25) is 9.59 Å². The average Bonchev–Trinajstić information content (AvgIpc) is 2.66. The lowest BCUT2D eigenvalue weighted by Gasteiger charge is -2.30. The van der Waals surface area contributed by atoms with Crippen LogP contribution >= 0.6 is 0 Å². The van der Waals surface area contributed by atoms with Crippen LogP contribution in [-0.4, -0.2) is 50.7 Å². The minimum atomic E-state index is -0.200. The lowest BCUT2D eigenvalue weighted by Crippen LogP contribution is -2.42. The molecule has 1 heterocycles. The molecule has 0 N–H and O–H groups in total. The summed E-state index contributed by atoms with van der Waals surface area (Å²) in [6, 6.07) is 5.57. The van der Waals surface area contributed by atoms with Gasteiger partial charge in [0.05, 0.1) is 20.1 Å². The standard InChI is InChI=1S/C19H25NO5/c1-4-5-14-6-7-16(17(12-14)23-2)25-13-18(21)20-10-8-15(9-11-20)19(22)24-3/h4-7,12,15H,8-11,13H2,1-3H3/b5-4+. The van der Waals surface area contributed by atoms with E-state index in [1.807, 2.05) is 31.2 Å². The first kappa shape index (κ1) is 18.8. The third-order valence-electron chi connectivity index (χ3n) is 4.28. The van der Waals surface area contributed by atoms with E-state index in [-0.39, 0.29) is 24.4 Å². The SMILES string of the molecule is C/C=C/c1ccc(OCC(=O)N2CCC(C(=O)OC)CC2)c(OC)c1. The van der Waals surface area contributed by atoms with E-state index in [1.54, 1.807) is 18.1 Å². The second kappa shape index (κ2) is 9.11. The van der Waals surface area contributed by atoms with Crippen LogP contribution in [0, 0.1) is 5.92 Å². The zero-order valence-electron chi connectivity index (χ0n) is 15.0. The first-order valence-corrected chi connectivity index (χ1v) is 8.38. The normalized spacial score (nSPS) is 15.2. The van der Waals surface area contributed by atoms with Crippen LogP contribution in [0.2, 0.25) is 0 Å². The molecule has 0 saturated carbocycles. The highest BCUT2D eigenvalue weighted by Gasteiger charge is 2.28. The molecule has 1 fully saturated rings. The first-order chi connectivity index (χ1) is 12.1. The molecule has 0 aliphatic carbocycles. The number of carbonyl (C=O) groups excluding carboxylic acids is 2. The van der Waals surface area contributed by atoms with Crippen LogP contribution in [0.4, 0.5) is 0 Å². The highest BCUT2D eigenvalue weighted by molar-refractivity contribution is 5.78. The number of nitrogens with zero attached hydrogens (tertiary/aromatic N) is 1. The number of hydrogen-bond acceptors (Lipinski definition) is 5. The van der Waals surface area contributed by atoms with Crippen LogP contribution in [0.1, 0.15) is 25.3 Å². The monoisotopic (exact) mass is 347 g/mol. The van der Waals surface area contributed by atoms with Gasteiger partial charge >= 0.3 is 5.97 Å². The van der Waals surface area contributed by atoms with Crippen molar-refractivity contribution in [3.8, 4) is 11.5 Å². The van der Waals surface area contributed by atoms with Gasteiger partial charge in [-0.05, 0) is 37.5 Å². The molecule has 0 bridgehead atoms. The number of hydrogen-bond donors (Lipinski definition) is 0. The van der Waals surface area contributed by atoms with Crippen molar-refractivity contribution >= 4 is 18.0 Å². The first-order valence-electron chi connectivity index (χ1n) is 8.38. The summed E-state index contributed by atoms with van der Waals surface area (Å²) in [4.78, 5) is 25.6. The number of methoxy groups -OCH3 is 2. The van der Waals surface area contributed by atoms with Gasteiger partial charge in [-0.15, -0.1) is 0 Å². The average molecular weight is 347 g/mol. The third-order valence-corrected chi connectivity index (χ3v) is 4.28. The van der Waals surface area contributed by atoms with Crippen LogP contribution in [0.25, 0.3) is 6.08 Å². The smallest absolute Gasteiger partial charge is 0.308 e. The molecule has 25 heavy (non-hydrogen) atoms. The number of carbonyl (C=O) groups is 2. The fourth-order valence-electron chi connectivity index (χ4n) is 2.86. The van der Waals surface area contributed by atoms with Gasteiger partial charge in [0, 0.05) is 13.1 Å². The van der Waals surface area contributed by atoms with E-state index >= 15 is 0 Å². The van der Waals surface area contributed by atoms with Crippen molar-refractivity contribution in [2.45, 2.75) is 19.8 Å². The minimum absolute atomic E-state index is 0.0534. The molecule has 0 spiro atoms. The fourth-order valence-corrected chi connectivity index (χ4v) is 2.86. The van der Waals surface area contributed by atoms with Crippen molar-refractivity contribution in [2.75, 3.05) is 33.9 Å². The molecule has 1 amide bonds. The molecule has 1 aromatic carbocycles. The highest BCUT2D eigenvalue weighted by atomic mass is 16.5. The Kier molecular flexibility index (Phi) is 6.86. The molecule has 136 valence electrons. The van der Waals surface area contributed by atoms with E-state index in [2.05, 4.69) is 0 Å². The van der Waals surface area contributed by atoms with Crippen LogP contribution in [-0.2, 0) is 14.3 Å². The van der Waals surface area contributed by atoms with Crippen molar-refractivity contribution in [3.63, 3.8) is 0 Å². The molecule has 6 heteroatoms. The molecular formula is C19H25NO5. The van der Waals surface area contributed by atoms with Gasteiger partial charge in [0.2, 0.25) is 0 Å². The fraction of sp³-hybridized carbons (Fsp3) is 0.474. The molecule has 0 atom stereocenters.